The molecule has 0 heterocycles. The van der Waals surface area contributed by atoms with Crippen molar-refractivity contribution in [2.45, 2.75) is 44.9 Å². The lowest BCUT2D eigenvalue weighted by Gasteiger charge is -2.29. The van der Waals surface area contributed by atoms with Crippen LogP contribution in [0.5, 0.6) is 0 Å². The SMILES string of the molecule is CCC.Cc1cccc(N(c2ccc(-c3ccccc3)cc2)c2ccc(-c3ccccc3)cc2)c1-c1ccccc1SC1=CCCC=C1. The molecule has 238 valence electrons. The molecule has 0 bridgehead atoms. The number of nitrogens with zero attached hydrogens (tertiary/aromatic N) is 1. The molecule has 0 saturated carbocycles. The maximum Gasteiger partial charge on any atom is 0.0543 e. The van der Waals surface area contributed by atoms with E-state index in [1.807, 2.05) is 11.8 Å². The molecule has 0 spiro atoms. The summed E-state index contributed by atoms with van der Waals surface area (Å²) in [5, 5.41) is 0. The molecule has 0 N–H and O–H groups in total. The van der Waals surface area contributed by atoms with Gasteiger partial charge in [-0.1, -0.05) is 166 Å². The van der Waals surface area contributed by atoms with Gasteiger partial charge in [-0.15, -0.1) is 0 Å². The van der Waals surface area contributed by atoms with Crippen LogP contribution in [0.1, 0.15) is 38.7 Å². The van der Waals surface area contributed by atoms with Gasteiger partial charge in [-0.25, -0.2) is 0 Å². The molecule has 1 aliphatic rings. The van der Waals surface area contributed by atoms with Crippen LogP contribution in [-0.4, -0.2) is 0 Å². The molecule has 1 nitrogen and oxygen atoms in total. The molecule has 0 aromatic heterocycles. The summed E-state index contributed by atoms with van der Waals surface area (Å²) in [5.41, 5.74) is 12.0. The van der Waals surface area contributed by atoms with Gasteiger partial charge in [0, 0.05) is 26.7 Å². The third-order valence-corrected chi connectivity index (χ3v) is 9.42. The Morgan fingerprint density at radius 3 is 1.60 bits per heavy atom. The Morgan fingerprint density at radius 2 is 1.06 bits per heavy atom. The van der Waals surface area contributed by atoms with Gasteiger partial charge in [0.1, 0.15) is 0 Å². The number of rotatable bonds is 8. The van der Waals surface area contributed by atoms with Crippen LogP contribution in [0.15, 0.2) is 180 Å². The fourth-order valence-electron chi connectivity index (χ4n) is 6.04. The minimum absolute atomic E-state index is 1.10. The molecule has 0 fully saturated rings. The molecule has 2 heteroatoms. The van der Waals surface area contributed by atoms with Crippen molar-refractivity contribution in [2.75, 3.05) is 4.90 Å². The second-order valence-corrected chi connectivity index (χ2v) is 13.1. The van der Waals surface area contributed by atoms with Gasteiger partial charge in [-0.05, 0) is 89.5 Å². The minimum atomic E-state index is 1.10. The number of anilines is 3. The quantitative estimate of drug-likeness (QED) is 0.163. The van der Waals surface area contributed by atoms with Crippen LogP contribution >= 0.6 is 11.8 Å². The summed E-state index contributed by atoms with van der Waals surface area (Å²) >= 11 is 1.86. The first-order valence-electron chi connectivity index (χ1n) is 17.0. The smallest absolute Gasteiger partial charge is 0.0543 e. The monoisotopic (exact) mass is 641 g/mol. The van der Waals surface area contributed by atoms with Crippen molar-refractivity contribution in [3.63, 3.8) is 0 Å². The third-order valence-electron chi connectivity index (χ3n) is 8.30. The summed E-state index contributed by atoms with van der Waals surface area (Å²) in [6, 6.07) is 54.6. The molecule has 6 aromatic carbocycles. The van der Waals surface area contributed by atoms with Gasteiger partial charge in [0.2, 0.25) is 0 Å². The molecule has 48 heavy (non-hydrogen) atoms. The molecule has 0 aliphatic heterocycles. The van der Waals surface area contributed by atoms with E-state index < -0.39 is 0 Å². The van der Waals surface area contributed by atoms with Gasteiger partial charge in [0.15, 0.2) is 0 Å². The maximum absolute atomic E-state index is 2.41. The summed E-state index contributed by atoms with van der Waals surface area (Å²) < 4.78 is 0. The fourth-order valence-corrected chi connectivity index (χ4v) is 7.08. The number of benzene rings is 6. The minimum Gasteiger partial charge on any atom is -0.310 e. The highest BCUT2D eigenvalue weighted by molar-refractivity contribution is 8.03. The molecule has 0 saturated heterocycles. The Labute approximate surface area is 291 Å². The Bertz CT molecular complexity index is 1890. The lowest BCUT2D eigenvalue weighted by atomic mass is 9.96. The third kappa shape index (κ3) is 7.73. The zero-order chi connectivity index (χ0) is 33.1. The molecular weight excluding hydrogens is 599 g/mol. The molecule has 0 atom stereocenters. The number of allylic oxidation sites excluding steroid dienone is 3. The maximum atomic E-state index is 2.41. The second-order valence-electron chi connectivity index (χ2n) is 12.0. The van der Waals surface area contributed by atoms with Crippen LogP contribution in [-0.2, 0) is 0 Å². The highest BCUT2D eigenvalue weighted by Gasteiger charge is 2.21. The predicted octanol–water partition coefficient (Wildman–Crippen LogP) is 14.2. The van der Waals surface area contributed by atoms with E-state index in [0.29, 0.717) is 0 Å². The van der Waals surface area contributed by atoms with E-state index in [0.717, 1.165) is 29.9 Å². The summed E-state index contributed by atoms with van der Waals surface area (Å²) in [7, 11) is 0. The van der Waals surface area contributed by atoms with Crippen molar-refractivity contribution in [1.82, 2.24) is 0 Å². The highest BCUT2D eigenvalue weighted by atomic mass is 32.2. The van der Waals surface area contributed by atoms with Gasteiger partial charge in [-0.2, -0.15) is 0 Å². The van der Waals surface area contributed by atoms with E-state index in [-0.39, 0.29) is 0 Å². The average Bonchev–Trinajstić information content (AvgIpc) is 3.14. The van der Waals surface area contributed by atoms with Gasteiger partial charge < -0.3 is 4.90 Å². The Morgan fingerprint density at radius 1 is 0.542 bits per heavy atom. The zero-order valence-corrected chi connectivity index (χ0v) is 29.0. The first kappa shape index (κ1) is 32.9. The van der Waals surface area contributed by atoms with Crippen molar-refractivity contribution < 1.29 is 0 Å². The first-order valence-corrected chi connectivity index (χ1v) is 17.8. The van der Waals surface area contributed by atoms with E-state index >= 15 is 0 Å². The van der Waals surface area contributed by atoms with E-state index in [2.05, 4.69) is 196 Å². The first-order chi connectivity index (χ1) is 23.7. The molecule has 0 amide bonds. The summed E-state index contributed by atoms with van der Waals surface area (Å²) in [5.74, 6) is 0. The van der Waals surface area contributed by atoms with Crippen molar-refractivity contribution in [3.8, 4) is 33.4 Å². The summed E-state index contributed by atoms with van der Waals surface area (Å²) in [4.78, 5) is 4.99. The lowest BCUT2D eigenvalue weighted by molar-refractivity contribution is 1.03. The van der Waals surface area contributed by atoms with Crippen molar-refractivity contribution in [3.05, 3.63) is 180 Å². The predicted molar refractivity (Wildman–Crippen MR) is 210 cm³/mol. The number of aryl methyl sites for hydroxylation is 1. The Kier molecular flexibility index (Phi) is 11.1. The van der Waals surface area contributed by atoms with Crippen LogP contribution in [0.3, 0.4) is 0 Å². The largest absolute Gasteiger partial charge is 0.310 e. The second kappa shape index (κ2) is 16.2. The van der Waals surface area contributed by atoms with Gasteiger partial charge >= 0.3 is 0 Å². The summed E-state index contributed by atoms with van der Waals surface area (Å²) in [6.07, 6.45) is 10.4. The van der Waals surface area contributed by atoms with Crippen molar-refractivity contribution in [2.24, 2.45) is 0 Å². The van der Waals surface area contributed by atoms with Crippen LogP contribution < -0.4 is 4.90 Å². The van der Waals surface area contributed by atoms with Crippen LogP contribution in [0, 0.1) is 6.92 Å². The number of thioether (sulfide) groups is 1. The Hall–Kier alpha value is -5.05. The number of hydrogen-bond acceptors (Lipinski definition) is 2. The van der Waals surface area contributed by atoms with Crippen molar-refractivity contribution >= 4 is 28.8 Å². The molecule has 0 unspecified atom stereocenters. The molecule has 0 radical (unpaired) electrons. The van der Waals surface area contributed by atoms with Crippen LogP contribution in [0.4, 0.5) is 17.1 Å². The van der Waals surface area contributed by atoms with E-state index in [1.165, 1.54) is 55.2 Å². The molecular formula is C46H43NS. The zero-order valence-electron chi connectivity index (χ0n) is 28.1. The van der Waals surface area contributed by atoms with E-state index in [9.17, 15) is 0 Å². The highest BCUT2D eigenvalue weighted by Crippen LogP contribution is 2.46. The molecule has 7 rings (SSSR count). The topological polar surface area (TPSA) is 3.24 Å². The average molecular weight is 642 g/mol. The van der Waals surface area contributed by atoms with Crippen LogP contribution in [0.25, 0.3) is 33.4 Å². The van der Waals surface area contributed by atoms with Gasteiger partial charge in [0.25, 0.3) is 0 Å². The van der Waals surface area contributed by atoms with Gasteiger partial charge in [0.05, 0.1) is 5.69 Å². The summed E-state index contributed by atoms with van der Waals surface area (Å²) in [6.45, 7) is 6.48. The fraction of sp³-hybridized carbons (Fsp3) is 0.130. The van der Waals surface area contributed by atoms with E-state index in [4.69, 9.17) is 0 Å². The molecule has 6 aromatic rings. The Balaban J connectivity index is 0.00000129. The van der Waals surface area contributed by atoms with Crippen molar-refractivity contribution in [1.29, 1.82) is 0 Å². The van der Waals surface area contributed by atoms with Crippen LogP contribution in [0.2, 0.25) is 0 Å². The normalized spacial score (nSPS) is 12.1. The molecule has 1 aliphatic carbocycles. The number of hydrogen-bond donors (Lipinski definition) is 0. The standard InChI is InChI=1S/C43H35NS.C3H8/c1-32-14-13-22-41(43(32)40-21-11-12-23-42(40)45-39-19-9-4-10-20-39)44(37-28-24-35(25-29-37)33-15-5-2-6-16-33)38-30-26-36(27-31-38)34-17-7-3-8-18-34;1-3-2/h2-3,5-9,11-31H,4,10H2,1H3;3H2,1-2H3. The lowest BCUT2D eigenvalue weighted by Crippen LogP contribution is -2.12. The van der Waals surface area contributed by atoms with Gasteiger partial charge in [-0.3, -0.25) is 0 Å². The van der Waals surface area contributed by atoms with E-state index in [1.54, 1.807) is 0 Å².